The van der Waals surface area contributed by atoms with Crippen molar-refractivity contribution in [3.05, 3.63) is 70.2 Å². The lowest BCUT2D eigenvalue weighted by molar-refractivity contribution is -0.119. The van der Waals surface area contributed by atoms with Crippen LogP contribution in [0.1, 0.15) is 17.3 Å². The Morgan fingerprint density at radius 1 is 0.828 bits per heavy atom. The maximum atomic E-state index is 12.6. The number of fused-ring (bicyclic) bond motifs is 1. The number of sulfonamides is 1. The lowest BCUT2D eigenvalue weighted by Crippen LogP contribution is -2.40. The summed E-state index contributed by atoms with van der Waals surface area (Å²) in [5.74, 6) is -0.859. The van der Waals surface area contributed by atoms with Gasteiger partial charge in [-0.1, -0.05) is 35.3 Å². The Kier molecular flexibility index (Phi) is 5.97. The van der Waals surface area contributed by atoms with Crippen molar-refractivity contribution < 1.29 is 18.0 Å². The SMILES string of the molecule is CC(=O)NNC(=O)c1ccc2cc(NS(=O)(=O)c3cc(Cl)cc(Cl)c3)ccc2c1. The fraction of sp³-hybridized carbons (Fsp3) is 0.0526. The first-order valence-electron chi connectivity index (χ1n) is 8.24. The minimum atomic E-state index is -3.89. The number of anilines is 1. The number of carbonyl (C=O) groups is 2. The predicted octanol–water partition coefficient (Wildman–Crippen LogP) is 3.73. The number of benzene rings is 3. The van der Waals surface area contributed by atoms with Crippen LogP contribution in [0.2, 0.25) is 10.0 Å². The van der Waals surface area contributed by atoms with Crippen LogP contribution in [0.4, 0.5) is 5.69 Å². The van der Waals surface area contributed by atoms with E-state index in [1.54, 1.807) is 36.4 Å². The molecule has 3 aromatic rings. The molecule has 0 radical (unpaired) electrons. The van der Waals surface area contributed by atoms with Gasteiger partial charge in [0.15, 0.2) is 0 Å². The van der Waals surface area contributed by atoms with Gasteiger partial charge < -0.3 is 0 Å². The zero-order valence-corrected chi connectivity index (χ0v) is 17.3. The molecule has 3 N–H and O–H groups in total. The van der Waals surface area contributed by atoms with Crippen molar-refractivity contribution in [2.45, 2.75) is 11.8 Å². The summed E-state index contributed by atoms with van der Waals surface area (Å²) in [5, 5.41) is 1.85. The average Bonchev–Trinajstić information content (AvgIpc) is 2.64. The minimum Gasteiger partial charge on any atom is -0.280 e. The van der Waals surface area contributed by atoms with Gasteiger partial charge in [0.25, 0.3) is 15.9 Å². The van der Waals surface area contributed by atoms with Crippen LogP contribution in [0.5, 0.6) is 0 Å². The van der Waals surface area contributed by atoms with E-state index in [0.717, 1.165) is 0 Å². The van der Waals surface area contributed by atoms with Crippen LogP contribution >= 0.6 is 23.2 Å². The highest BCUT2D eigenvalue weighted by atomic mass is 35.5. The Balaban J connectivity index is 1.85. The molecule has 150 valence electrons. The fourth-order valence-corrected chi connectivity index (χ4v) is 4.34. The second-order valence-electron chi connectivity index (χ2n) is 6.12. The molecule has 0 saturated carbocycles. The number of hydrogen-bond donors (Lipinski definition) is 3. The molecule has 3 aromatic carbocycles. The third-order valence-electron chi connectivity index (χ3n) is 3.85. The van der Waals surface area contributed by atoms with E-state index >= 15 is 0 Å². The Hall–Kier alpha value is -2.81. The molecule has 0 fully saturated rings. The second kappa shape index (κ2) is 8.28. The summed E-state index contributed by atoms with van der Waals surface area (Å²) >= 11 is 11.8. The van der Waals surface area contributed by atoms with Crippen LogP contribution in [0.15, 0.2) is 59.5 Å². The van der Waals surface area contributed by atoms with Gasteiger partial charge in [0.1, 0.15) is 0 Å². The van der Waals surface area contributed by atoms with Crippen molar-refractivity contribution in [3.63, 3.8) is 0 Å². The Morgan fingerprint density at radius 3 is 2.10 bits per heavy atom. The van der Waals surface area contributed by atoms with Gasteiger partial charge in [-0.2, -0.15) is 0 Å². The van der Waals surface area contributed by atoms with E-state index in [-0.39, 0.29) is 14.9 Å². The lowest BCUT2D eigenvalue weighted by atomic mass is 10.1. The number of halogens is 2. The number of amides is 2. The van der Waals surface area contributed by atoms with E-state index in [2.05, 4.69) is 15.6 Å². The van der Waals surface area contributed by atoms with Gasteiger partial charge in [-0.15, -0.1) is 0 Å². The number of nitrogens with one attached hydrogen (secondary N) is 3. The number of hydrazine groups is 1. The van der Waals surface area contributed by atoms with Gasteiger partial charge in [-0.3, -0.25) is 25.2 Å². The van der Waals surface area contributed by atoms with Crippen LogP contribution < -0.4 is 15.6 Å². The summed E-state index contributed by atoms with van der Waals surface area (Å²) in [6.45, 7) is 1.28. The molecule has 0 aliphatic carbocycles. The molecule has 7 nitrogen and oxygen atoms in total. The third-order valence-corrected chi connectivity index (χ3v) is 5.65. The Morgan fingerprint density at radius 2 is 1.45 bits per heavy atom. The molecule has 0 spiro atoms. The molecular formula is C19H15Cl2N3O4S. The zero-order valence-electron chi connectivity index (χ0n) is 15.0. The molecule has 2 amide bonds. The van der Waals surface area contributed by atoms with E-state index in [4.69, 9.17) is 23.2 Å². The quantitative estimate of drug-likeness (QED) is 0.525. The number of rotatable bonds is 4. The van der Waals surface area contributed by atoms with Gasteiger partial charge in [0.2, 0.25) is 5.91 Å². The van der Waals surface area contributed by atoms with E-state index in [0.29, 0.717) is 22.0 Å². The highest BCUT2D eigenvalue weighted by molar-refractivity contribution is 7.92. The fourth-order valence-electron chi connectivity index (χ4n) is 2.57. The lowest BCUT2D eigenvalue weighted by Gasteiger charge is -2.11. The smallest absolute Gasteiger partial charge is 0.269 e. The van der Waals surface area contributed by atoms with Crippen LogP contribution in [-0.2, 0) is 14.8 Å². The van der Waals surface area contributed by atoms with Gasteiger partial charge >= 0.3 is 0 Å². The van der Waals surface area contributed by atoms with Crippen molar-refractivity contribution in [2.24, 2.45) is 0 Å². The molecule has 0 atom stereocenters. The molecule has 0 unspecified atom stereocenters. The maximum absolute atomic E-state index is 12.6. The van der Waals surface area contributed by atoms with Crippen molar-refractivity contribution >= 4 is 61.5 Å². The highest BCUT2D eigenvalue weighted by Gasteiger charge is 2.16. The Bertz CT molecular complexity index is 1210. The second-order valence-corrected chi connectivity index (χ2v) is 8.68. The van der Waals surface area contributed by atoms with Crippen molar-refractivity contribution in [1.82, 2.24) is 10.9 Å². The van der Waals surface area contributed by atoms with Crippen LogP contribution in [0.3, 0.4) is 0 Å². The summed E-state index contributed by atoms with van der Waals surface area (Å²) in [7, 11) is -3.89. The van der Waals surface area contributed by atoms with E-state index in [1.165, 1.54) is 25.1 Å². The molecule has 0 aliphatic rings. The standard InChI is InChI=1S/C19H15Cl2N3O4S/c1-11(25)22-23-19(26)14-3-2-13-7-17(5-4-12(13)6-14)24-29(27,28)18-9-15(20)8-16(21)10-18/h2-10,24H,1H3,(H,22,25)(H,23,26). The third kappa shape index (κ3) is 5.17. The maximum Gasteiger partial charge on any atom is 0.269 e. The van der Waals surface area contributed by atoms with Gasteiger partial charge in [-0.05, 0) is 53.2 Å². The topological polar surface area (TPSA) is 104 Å². The van der Waals surface area contributed by atoms with Crippen molar-refractivity contribution in [3.8, 4) is 0 Å². The summed E-state index contributed by atoms with van der Waals surface area (Å²) in [6.07, 6.45) is 0. The summed E-state index contributed by atoms with van der Waals surface area (Å²) < 4.78 is 27.7. The zero-order chi connectivity index (χ0) is 21.2. The van der Waals surface area contributed by atoms with E-state index in [9.17, 15) is 18.0 Å². The van der Waals surface area contributed by atoms with E-state index < -0.39 is 21.8 Å². The average molecular weight is 452 g/mol. The van der Waals surface area contributed by atoms with Crippen molar-refractivity contribution in [2.75, 3.05) is 4.72 Å². The first kappa shape index (κ1) is 20.9. The van der Waals surface area contributed by atoms with Gasteiger partial charge in [0, 0.05) is 28.2 Å². The molecular weight excluding hydrogens is 437 g/mol. The molecule has 0 bridgehead atoms. The molecule has 0 saturated heterocycles. The molecule has 29 heavy (non-hydrogen) atoms. The van der Waals surface area contributed by atoms with Gasteiger partial charge in [-0.25, -0.2) is 8.42 Å². The van der Waals surface area contributed by atoms with E-state index in [1.807, 2.05) is 0 Å². The number of hydrogen-bond acceptors (Lipinski definition) is 4. The molecule has 0 heterocycles. The molecule has 0 aromatic heterocycles. The number of carbonyl (C=O) groups excluding carboxylic acids is 2. The van der Waals surface area contributed by atoms with Crippen LogP contribution in [0, 0.1) is 0 Å². The Labute approximate surface area is 177 Å². The first-order valence-corrected chi connectivity index (χ1v) is 10.5. The van der Waals surface area contributed by atoms with Crippen molar-refractivity contribution in [1.29, 1.82) is 0 Å². The molecule has 0 aliphatic heterocycles. The monoisotopic (exact) mass is 451 g/mol. The minimum absolute atomic E-state index is 0.0555. The largest absolute Gasteiger partial charge is 0.280 e. The summed E-state index contributed by atoms with van der Waals surface area (Å²) in [4.78, 5) is 22.9. The first-order chi connectivity index (χ1) is 13.6. The predicted molar refractivity (Wildman–Crippen MR) is 113 cm³/mol. The van der Waals surface area contributed by atoms with Crippen LogP contribution in [0.25, 0.3) is 10.8 Å². The van der Waals surface area contributed by atoms with Crippen LogP contribution in [-0.4, -0.2) is 20.2 Å². The highest BCUT2D eigenvalue weighted by Crippen LogP contribution is 2.26. The molecule has 3 rings (SSSR count). The summed E-state index contributed by atoms with van der Waals surface area (Å²) in [5.41, 5.74) is 5.18. The normalized spacial score (nSPS) is 11.1. The van der Waals surface area contributed by atoms with Gasteiger partial charge in [0.05, 0.1) is 4.90 Å². The summed E-state index contributed by atoms with van der Waals surface area (Å²) in [6, 6.07) is 13.8. The molecule has 10 heteroatoms.